The molecule has 2 aromatic rings. The maximum atomic E-state index is 13.2. The molecule has 9 heteroatoms. The van der Waals surface area contributed by atoms with E-state index in [-0.39, 0.29) is 18.1 Å². The Morgan fingerprint density at radius 3 is 2.50 bits per heavy atom. The summed E-state index contributed by atoms with van der Waals surface area (Å²) in [4.78, 5) is 30.1. The third kappa shape index (κ3) is 4.36. The van der Waals surface area contributed by atoms with Crippen LogP contribution < -0.4 is 9.47 Å². The summed E-state index contributed by atoms with van der Waals surface area (Å²) in [6.07, 6.45) is 0.696. The fourth-order valence-corrected chi connectivity index (χ4v) is 4.72. The number of morpholine rings is 1. The second-order valence-electron chi connectivity index (χ2n) is 8.42. The molecule has 1 unspecified atom stereocenters. The van der Waals surface area contributed by atoms with Crippen LogP contribution in [0.1, 0.15) is 23.6 Å². The topological polar surface area (TPSA) is 88.5 Å². The highest BCUT2D eigenvalue weighted by Gasteiger charge is 2.45. The number of likely N-dealkylation sites (tertiary alicyclic amines) is 1. The maximum absolute atomic E-state index is 13.2. The number of ether oxygens (including phenoxy) is 3. The highest BCUT2D eigenvalue weighted by molar-refractivity contribution is 6.46. The molecule has 34 heavy (non-hydrogen) atoms. The van der Waals surface area contributed by atoms with E-state index in [4.69, 9.17) is 25.8 Å². The van der Waals surface area contributed by atoms with E-state index in [0.29, 0.717) is 53.8 Å². The van der Waals surface area contributed by atoms with E-state index in [1.807, 2.05) is 0 Å². The number of halogens is 1. The van der Waals surface area contributed by atoms with Crippen molar-refractivity contribution in [3.8, 4) is 11.5 Å². The Kier molecular flexibility index (Phi) is 6.45. The summed E-state index contributed by atoms with van der Waals surface area (Å²) in [7, 11) is 0. The molecule has 3 aliphatic heterocycles. The van der Waals surface area contributed by atoms with Gasteiger partial charge in [0, 0.05) is 36.8 Å². The van der Waals surface area contributed by atoms with Crippen molar-refractivity contribution in [2.24, 2.45) is 0 Å². The van der Waals surface area contributed by atoms with Gasteiger partial charge in [-0.3, -0.25) is 14.5 Å². The molecule has 1 atom stereocenters. The van der Waals surface area contributed by atoms with Gasteiger partial charge in [-0.25, -0.2) is 0 Å². The van der Waals surface area contributed by atoms with Gasteiger partial charge < -0.3 is 24.2 Å². The van der Waals surface area contributed by atoms with E-state index in [1.54, 1.807) is 47.4 Å². The Morgan fingerprint density at radius 1 is 1.00 bits per heavy atom. The van der Waals surface area contributed by atoms with Crippen LogP contribution in [0.2, 0.25) is 5.02 Å². The number of aliphatic hydroxyl groups excluding tert-OH is 1. The minimum absolute atomic E-state index is 0.0533. The average molecular weight is 485 g/mol. The Morgan fingerprint density at radius 2 is 1.74 bits per heavy atom. The number of rotatable bonds is 6. The minimum atomic E-state index is -0.715. The summed E-state index contributed by atoms with van der Waals surface area (Å²) >= 11 is 6.08. The zero-order chi connectivity index (χ0) is 23.7. The van der Waals surface area contributed by atoms with Gasteiger partial charge in [-0.1, -0.05) is 23.7 Å². The monoisotopic (exact) mass is 484 g/mol. The van der Waals surface area contributed by atoms with E-state index < -0.39 is 17.7 Å². The molecule has 1 N–H and O–H groups in total. The van der Waals surface area contributed by atoms with Crippen LogP contribution in [0, 0.1) is 0 Å². The quantitative estimate of drug-likeness (QED) is 0.382. The van der Waals surface area contributed by atoms with Crippen LogP contribution in [0.3, 0.4) is 0 Å². The van der Waals surface area contributed by atoms with Gasteiger partial charge in [0.25, 0.3) is 11.7 Å². The fraction of sp³-hybridized carbons (Fsp3) is 0.360. The Bertz CT molecular complexity index is 1130. The molecule has 8 nitrogen and oxygen atoms in total. The molecule has 2 saturated heterocycles. The highest BCUT2D eigenvalue weighted by Crippen LogP contribution is 2.41. The summed E-state index contributed by atoms with van der Waals surface area (Å²) < 4.78 is 16.1. The summed E-state index contributed by atoms with van der Waals surface area (Å²) in [6.45, 7) is 4.37. The Labute approximate surface area is 202 Å². The first-order valence-corrected chi connectivity index (χ1v) is 11.6. The summed E-state index contributed by atoms with van der Waals surface area (Å²) in [5.74, 6) is -0.529. The number of ketones is 1. The van der Waals surface area contributed by atoms with E-state index in [1.165, 1.54) is 0 Å². The lowest BCUT2D eigenvalue weighted by atomic mass is 9.95. The van der Waals surface area contributed by atoms with Crippen molar-refractivity contribution >= 4 is 29.1 Å². The van der Waals surface area contributed by atoms with Crippen LogP contribution >= 0.6 is 11.6 Å². The Balaban J connectivity index is 1.47. The summed E-state index contributed by atoms with van der Waals surface area (Å²) in [6, 6.07) is 11.2. The van der Waals surface area contributed by atoms with E-state index in [0.717, 1.165) is 19.6 Å². The van der Waals surface area contributed by atoms with Crippen molar-refractivity contribution in [3.63, 3.8) is 0 Å². The third-order valence-electron chi connectivity index (χ3n) is 6.35. The number of benzene rings is 2. The number of fused-ring (bicyclic) bond motifs is 1. The Hall–Kier alpha value is -3.07. The molecule has 0 saturated carbocycles. The van der Waals surface area contributed by atoms with Gasteiger partial charge in [-0.15, -0.1) is 0 Å². The third-order valence-corrected chi connectivity index (χ3v) is 6.60. The molecule has 0 spiro atoms. The zero-order valence-corrected chi connectivity index (χ0v) is 19.3. The molecule has 2 fully saturated rings. The normalized spacial score (nSPS) is 21.9. The van der Waals surface area contributed by atoms with Crippen LogP contribution in [-0.2, 0) is 14.3 Å². The molecule has 0 bridgehead atoms. The number of carbonyl (C=O) groups is 2. The van der Waals surface area contributed by atoms with Crippen molar-refractivity contribution in [1.82, 2.24) is 9.80 Å². The maximum Gasteiger partial charge on any atom is 0.295 e. The first-order chi connectivity index (χ1) is 16.5. The SMILES string of the molecule is O=C1C(=O)N(CCCN2CCOCC2)C(c2ccc(Cl)cc2)/C1=C(\O)c1ccc2c(c1)OCO2. The van der Waals surface area contributed by atoms with Crippen molar-refractivity contribution in [2.45, 2.75) is 12.5 Å². The van der Waals surface area contributed by atoms with Crippen LogP contribution in [0.4, 0.5) is 0 Å². The lowest BCUT2D eigenvalue weighted by Gasteiger charge is -2.29. The van der Waals surface area contributed by atoms with E-state index in [9.17, 15) is 14.7 Å². The molecular weight excluding hydrogens is 460 g/mol. The van der Waals surface area contributed by atoms with Gasteiger partial charge in [-0.2, -0.15) is 0 Å². The average Bonchev–Trinajstić information content (AvgIpc) is 3.42. The van der Waals surface area contributed by atoms with Crippen molar-refractivity contribution in [2.75, 3.05) is 46.2 Å². The van der Waals surface area contributed by atoms with Crippen molar-refractivity contribution in [3.05, 3.63) is 64.2 Å². The first kappa shape index (κ1) is 22.7. The number of amides is 1. The molecule has 178 valence electrons. The predicted molar refractivity (Wildman–Crippen MR) is 125 cm³/mol. The molecule has 0 aliphatic carbocycles. The largest absolute Gasteiger partial charge is 0.507 e. The molecule has 5 rings (SSSR count). The van der Waals surface area contributed by atoms with Crippen LogP contribution in [0.15, 0.2) is 48.0 Å². The molecule has 0 aromatic heterocycles. The van der Waals surface area contributed by atoms with Gasteiger partial charge in [0.05, 0.1) is 24.8 Å². The van der Waals surface area contributed by atoms with E-state index in [2.05, 4.69) is 4.90 Å². The number of hydrogen-bond donors (Lipinski definition) is 1. The van der Waals surface area contributed by atoms with Gasteiger partial charge in [-0.05, 0) is 42.3 Å². The molecular formula is C25H25ClN2O6. The van der Waals surface area contributed by atoms with Crippen LogP contribution in [0.25, 0.3) is 5.76 Å². The number of hydrogen-bond acceptors (Lipinski definition) is 7. The second kappa shape index (κ2) is 9.66. The molecule has 1 amide bonds. The highest BCUT2D eigenvalue weighted by atomic mass is 35.5. The standard InChI is InChI=1S/C25H25ClN2O6/c26-18-5-2-16(3-6-18)22-21(23(29)17-4-7-19-20(14-17)34-15-33-19)24(30)25(31)28(22)9-1-8-27-10-12-32-13-11-27/h2-7,14,22,29H,1,8-13,15H2/b23-21+. The van der Waals surface area contributed by atoms with Gasteiger partial charge in [0.15, 0.2) is 11.5 Å². The molecule has 3 heterocycles. The van der Waals surface area contributed by atoms with E-state index >= 15 is 0 Å². The molecule has 0 radical (unpaired) electrons. The first-order valence-electron chi connectivity index (χ1n) is 11.3. The van der Waals surface area contributed by atoms with Gasteiger partial charge in [0.1, 0.15) is 5.76 Å². The van der Waals surface area contributed by atoms with Crippen molar-refractivity contribution < 1.29 is 28.9 Å². The number of carbonyl (C=O) groups excluding carboxylic acids is 2. The number of aliphatic hydroxyl groups is 1. The second-order valence-corrected chi connectivity index (χ2v) is 8.86. The molecule has 3 aliphatic rings. The number of Topliss-reactive ketones (excluding diaryl/α,β-unsaturated/α-hetero) is 1. The number of nitrogens with zero attached hydrogens (tertiary/aromatic N) is 2. The smallest absolute Gasteiger partial charge is 0.295 e. The fourth-order valence-electron chi connectivity index (χ4n) is 4.59. The summed E-state index contributed by atoms with van der Waals surface area (Å²) in [5, 5.41) is 11.8. The predicted octanol–water partition coefficient (Wildman–Crippen LogP) is 3.21. The molecule has 2 aromatic carbocycles. The van der Waals surface area contributed by atoms with Gasteiger partial charge in [0.2, 0.25) is 6.79 Å². The lowest BCUT2D eigenvalue weighted by molar-refractivity contribution is -0.140. The van der Waals surface area contributed by atoms with Crippen molar-refractivity contribution in [1.29, 1.82) is 0 Å². The van der Waals surface area contributed by atoms with Gasteiger partial charge >= 0.3 is 0 Å². The lowest BCUT2D eigenvalue weighted by Crippen LogP contribution is -2.38. The van der Waals surface area contributed by atoms with Crippen LogP contribution in [-0.4, -0.2) is 72.8 Å². The zero-order valence-electron chi connectivity index (χ0n) is 18.5. The van der Waals surface area contributed by atoms with Crippen LogP contribution in [0.5, 0.6) is 11.5 Å². The minimum Gasteiger partial charge on any atom is -0.507 e. The summed E-state index contributed by atoms with van der Waals surface area (Å²) in [5.41, 5.74) is 1.14.